The van der Waals surface area contributed by atoms with E-state index in [9.17, 15) is 9.59 Å². The maximum absolute atomic E-state index is 12.0. The molecule has 0 unspecified atom stereocenters. The van der Waals surface area contributed by atoms with Gasteiger partial charge in [-0.05, 0) is 49.7 Å². The number of carbonyl (C=O) groups excluding carboxylic acids is 2. The molecule has 0 saturated heterocycles. The van der Waals surface area contributed by atoms with Crippen LogP contribution in [0.15, 0.2) is 53.6 Å². The Bertz CT molecular complexity index is 853. The SMILES string of the molecule is CCOc1cc(/C=N\NC(=O)Nc2ccccc2)ccc1O[C@H](C)C(=O)N(C)C. The van der Waals surface area contributed by atoms with Gasteiger partial charge in [-0.15, -0.1) is 0 Å². The molecule has 0 aromatic heterocycles. The molecular weight excluding hydrogens is 372 g/mol. The van der Waals surface area contributed by atoms with Crippen LogP contribution in [0.4, 0.5) is 10.5 Å². The van der Waals surface area contributed by atoms with E-state index in [2.05, 4.69) is 15.8 Å². The minimum atomic E-state index is -0.646. The third kappa shape index (κ3) is 6.84. The van der Waals surface area contributed by atoms with Gasteiger partial charge in [0.15, 0.2) is 17.6 Å². The van der Waals surface area contributed by atoms with Crippen molar-refractivity contribution in [1.29, 1.82) is 0 Å². The predicted molar refractivity (Wildman–Crippen MR) is 113 cm³/mol. The third-order valence-electron chi connectivity index (χ3n) is 3.77. The van der Waals surface area contributed by atoms with Gasteiger partial charge >= 0.3 is 6.03 Å². The van der Waals surface area contributed by atoms with Crippen LogP contribution in [0.5, 0.6) is 11.5 Å². The number of nitrogens with zero attached hydrogens (tertiary/aromatic N) is 2. The van der Waals surface area contributed by atoms with Crippen molar-refractivity contribution < 1.29 is 19.1 Å². The fourth-order valence-electron chi connectivity index (χ4n) is 2.42. The highest BCUT2D eigenvalue weighted by Gasteiger charge is 2.18. The van der Waals surface area contributed by atoms with Crippen molar-refractivity contribution in [2.24, 2.45) is 5.10 Å². The van der Waals surface area contributed by atoms with E-state index in [0.717, 1.165) is 0 Å². The van der Waals surface area contributed by atoms with Crippen molar-refractivity contribution in [3.8, 4) is 11.5 Å². The highest BCUT2D eigenvalue weighted by atomic mass is 16.5. The van der Waals surface area contributed by atoms with Crippen LogP contribution >= 0.6 is 0 Å². The van der Waals surface area contributed by atoms with Crippen LogP contribution in [0.25, 0.3) is 0 Å². The lowest BCUT2D eigenvalue weighted by Gasteiger charge is -2.20. The van der Waals surface area contributed by atoms with Crippen LogP contribution in [0.1, 0.15) is 19.4 Å². The summed E-state index contributed by atoms with van der Waals surface area (Å²) in [7, 11) is 3.35. The van der Waals surface area contributed by atoms with Crippen molar-refractivity contribution in [1.82, 2.24) is 10.3 Å². The molecule has 8 nitrogen and oxygen atoms in total. The molecule has 0 saturated carbocycles. The Morgan fingerprint density at radius 2 is 1.86 bits per heavy atom. The molecule has 154 valence electrons. The Kier molecular flexibility index (Phi) is 8.02. The molecule has 0 heterocycles. The molecule has 0 fully saturated rings. The molecule has 2 aromatic carbocycles. The van der Waals surface area contributed by atoms with Gasteiger partial charge in [0.05, 0.1) is 12.8 Å². The number of benzene rings is 2. The predicted octanol–water partition coefficient (Wildman–Crippen LogP) is 3.10. The maximum atomic E-state index is 12.0. The zero-order chi connectivity index (χ0) is 21.2. The number of nitrogens with one attached hydrogen (secondary N) is 2. The number of hydrogen-bond donors (Lipinski definition) is 2. The zero-order valence-corrected chi connectivity index (χ0v) is 17.0. The van der Waals surface area contributed by atoms with E-state index < -0.39 is 12.1 Å². The third-order valence-corrected chi connectivity index (χ3v) is 3.77. The molecule has 3 amide bonds. The van der Waals surface area contributed by atoms with Crippen molar-refractivity contribution in [3.05, 3.63) is 54.1 Å². The van der Waals surface area contributed by atoms with Crippen LogP contribution in [-0.2, 0) is 4.79 Å². The van der Waals surface area contributed by atoms with Gasteiger partial charge in [0.1, 0.15) is 0 Å². The number of likely N-dealkylation sites (N-methyl/N-ethyl adjacent to an activating group) is 1. The second kappa shape index (κ2) is 10.7. The highest BCUT2D eigenvalue weighted by molar-refractivity contribution is 5.90. The molecule has 29 heavy (non-hydrogen) atoms. The summed E-state index contributed by atoms with van der Waals surface area (Å²) < 4.78 is 11.4. The summed E-state index contributed by atoms with van der Waals surface area (Å²) in [4.78, 5) is 25.3. The average molecular weight is 398 g/mol. The minimum absolute atomic E-state index is 0.147. The van der Waals surface area contributed by atoms with E-state index in [1.807, 2.05) is 25.1 Å². The number of carbonyl (C=O) groups is 2. The summed E-state index contributed by atoms with van der Waals surface area (Å²) >= 11 is 0. The lowest BCUT2D eigenvalue weighted by atomic mass is 10.2. The van der Waals surface area contributed by atoms with Crippen LogP contribution in [-0.4, -0.2) is 49.9 Å². The molecule has 1 atom stereocenters. The Morgan fingerprint density at radius 1 is 1.14 bits per heavy atom. The van der Waals surface area contributed by atoms with Gasteiger partial charge in [-0.3, -0.25) is 4.79 Å². The van der Waals surface area contributed by atoms with E-state index in [1.54, 1.807) is 51.4 Å². The quantitative estimate of drug-likeness (QED) is 0.528. The summed E-state index contributed by atoms with van der Waals surface area (Å²) in [6.45, 7) is 3.97. The maximum Gasteiger partial charge on any atom is 0.339 e. The largest absolute Gasteiger partial charge is 0.490 e. The summed E-state index contributed by atoms with van der Waals surface area (Å²) in [6, 6.07) is 13.8. The van der Waals surface area contributed by atoms with Crippen LogP contribution in [0.2, 0.25) is 0 Å². The molecule has 2 rings (SSSR count). The van der Waals surface area contributed by atoms with Crippen molar-refractivity contribution in [3.63, 3.8) is 0 Å². The molecular formula is C21H26N4O4. The molecule has 0 aliphatic carbocycles. The number of hydrazone groups is 1. The van der Waals surface area contributed by atoms with E-state index in [0.29, 0.717) is 29.4 Å². The molecule has 0 aliphatic heterocycles. The first-order valence-corrected chi connectivity index (χ1v) is 9.20. The normalized spacial score (nSPS) is 11.6. The van der Waals surface area contributed by atoms with Crippen LogP contribution in [0.3, 0.4) is 0 Å². The molecule has 2 aromatic rings. The molecule has 0 aliphatic rings. The topological polar surface area (TPSA) is 92.3 Å². The zero-order valence-electron chi connectivity index (χ0n) is 17.0. The van der Waals surface area contributed by atoms with Crippen LogP contribution in [0, 0.1) is 0 Å². The van der Waals surface area contributed by atoms with E-state index in [1.165, 1.54) is 11.1 Å². The van der Waals surface area contributed by atoms with Crippen LogP contribution < -0.4 is 20.2 Å². The van der Waals surface area contributed by atoms with Gasteiger partial charge < -0.3 is 19.7 Å². The smallest absolute Gasteiger partial charge is 0.339 e. The Balaban J connectivity index is 2.02. The van der Waals surface area contributed by atoms with Gasteiger partial charge in [-0.25, -0.2) is 10.2 Å². The van der Waals surface area contributed by atoms with E-state index in [4.69, 9.17) is 9.47 Å². The lowest BCUT2D eigenvalue weighted by Crippen LogP contribution is -2.35. The van der Waals surface area contributed by atoms with Gasteiger partial charge in [-0.1, -0.05) is 18.2 Å². The number of amides is 3. The standard InChI is InChI=1S/C21H26N4O4/c1-5-28-19-13-16(11-12-18(19)29-15(2)20(26)25(3)4)14-22-24-21(27)23-17-9-7-6-8-10-17/h6-15H,5H2,1-4H3,(H2,23,24,27)/b22-14-/t15-/m1/s1. The first-order valence-electron chi connectivity index (χ1n) is 9.20. The van der Waals surface area contributed by atoms with E-state index >= 15 is 0 Å². The summed E-state index contributed by atoms with van der Waals surface area (Å²) in [5.41, 5.74) is 3.77. The van der Waals surface area contributed by atoms with Gasteiger partial charge in [0, 0.05) is 19.8 Å². The number of rotatable bonds is 8. The van der Waals surface area contributed by atoms with Crippen molar-refractivity contribution in [2.45, 2.75) is 20.0 Å². The number of para-hydroxylation sites is 1. The van der Waals surface area contributed by atoms with Crippen molar-refractivity contribution >= 4 is 23.8 Å². The first-order chi connectivity index (χ1) is 13.9. The van der Waals surface area contributed by atoms with E-state index in [-0.39, 0.29) is 5.91 Å². The molecule has 0 spiro atoms. The van der Waals surface area contributed by atoms with Gasteiger partial charge in [0.2, 0.25) is 0 Å². The summed E-state index contributed by atoms with van der Waals surface area (Å²) in [6.07, 6.45) is 0.845. The fraction of sp³-hybridized carbons (Fsp3) is 0.286. The Morgan fingerprint density at radius 3 is 2.52 bits per heavy atom. The molecule has 0 bridgehead atoms. The van der Waals surface area contributed by atoms with Crippen molar-refractivity contribution in [2.75, 3.05) is 26.0 Å². The second-order valence-electron chi connectivity index (χ2n) is 6.32. The number of urea groups is 1. The fourth-order valence-corrected chi connectivity index (χ4v) is 2.42. The Labute approximate surface area is 170 Å². The second-order valence-corrected chi connectivity index (χ2v) is 6.32. The summed E-state index contributed by atoms with van der Waals surface area (Å²) in [5, 5.41) is 6.60. The molecule has 0 radical (unpaired) electrons. The number of ether oxygens (including phenoxy) is 2. The molecule has 2 N–H and O–H groups in total. The molecule has 8 heteroatoms. The Hall–Kier alpha value is -3.55. The van der Waals surface area contributed by atoms with Gasteiger partial charge in [-0.2, -0.15) is 5.10 Å². The lowest BCUT2D eigenvalue weighted by molar-refractivity contribution is -0.135. The average Bonchev–Trinajstić information content (AvgIpc) is 2.70. The minimum Gasteiger partial charge on any atom is -0.490 e. The first kappa shape index (κ1) is 21.7. The highest BCUT2D eigenvalue weighted by Crippen LogP contribution is 2.29. The number of anilines is 1. The monoisotopic (exact) mass is 398 g/mol. The van der Waals surface area contributed by atoms with Gasteiger partial charge in [0.25, 0.3) is 5.91 Å². The number of hydrogen-bond acceptors (Lipinski definition) is 5. The summed E-state index contributed by atoms with van der Waals surface area (Å²) in [5.74, 6) is 0.803.